The minimum absolute atomic E-state index is 0.188. The van der Waals surface area contributed by atoms with E-state index in [1.54, 1.807) is 29.9 Å². The van der Waals surface area contributed by atoms with Gasteiger partial charge in [-0.25, -0.2) is 9.07 Å². The SMILES string of the molecule is Cc1ccc(-c2cnn(COCC[Si](C)(C)C)c2)cc1F. The van der Waals surface area contributed by atoms with Gasteiger partial charge in [-0.3, -0.25) is 0 Å². The first-order chi connectivity index (χ1) is 9.85. The number of ether oxygens (including phenoxy) is 1. The largest absolute Gasteiger partial charge is 0.360 e. The van der Waals surface area contributed by atoms with Crippen LogP contribution in [0.4, 0.5) is 4.39 Å². The average Bonchev–Trinajstić information content (AvgIpc) is 2.86. The molecule has 0 N–H and O–H groups in total. The van der Waals surface area contributed by atoms with Gasteiger partial charge < -0.3 is 4.74 Å². The first-order valence-corrected chi connectivity index (χ1v) is 10.9. The van der Waals surface area contributed by atoms with E-state index < -0.39 is 8.07 Å². The molecule has 0 unspecified atom stereocenters. The smallest absolute Gasteiger partial charge is 0.139 e. The van der Waals surface area contributed by atoms with E-state index in [1.807, 2.05) is 12.3 Å². The normalized spacial score (nSPS) is 11.9. The molecule has 21 heavy (non-hydrogen) atoms. The maximum Gasteiger partial charge on any atom is 0.139 e. The molecule has 0 aliphatic heterocycles. The van der Waals surface area contributed by atoms with Crippen LogP contribution in [-0.2, 0) is 11.5 Å². The van der Waals surface area contributed by atoms with E-state index in [-0.39, 0.29) is 5.82 Å². The van der Waals surface area contributed by atoms with Crippen LogP contribution in [0, 0.1) is 12.7 Å². The van der Waals surface area contributed by atoms with Crippen LogP contribution in [0.5, 0.6) is 0 Å². The van der Waals surface area contributed by atoms with Crippen LogP contribution in [0.25, 0.3) is 11.1 Å². The highest BCUT2D eigenvalue weighted by molar-refractivity contribution is 6.76. The second-order valence-corrected chi connectivity index (χ2v) is 12.2. The zero-order valence-electron chi connectivity index (χ0n) is 13.2. The third-order valence-corrected chi connectivity index (χ3v) is 5.06. The zero-order valence-corrected chi connectivity index (χ0v) is 14.2. The minimum Gasteiger partial charge on any atom is -0.360 e. The average molecular weight is 306 g/mol. The third-order valence-electron chi connectivity index (χ3n) is 3.36. The summed E-state index contributed by atoms with van der Waals surface area (Å²) in [5.74, 6) is -0.188. The minimum atomic E-state index is -1.05. The Hall–Kier alpha value is -1.46. The van der Waals surface area contributed by atoms with E-state index >= 15 is 0 Å². The van der Waals surface area contributed by atoms with Gasteiger partial charge in [-0.15, -0.1) is 0 Å². The maximum absolute atomic E-state index is 13.6. The van der Waals surface area contributed by atoms with E-state index in [9.17, 15) is 4.39 Å². The van der Waals surface area contributed by atoms with Crippen LogP contribution in [0.15, 0.2) is 30.6 Å². The van der Waals surface area contributed by atoms with Crippen molar-refractivity contribution in [1.82, 2.24) is 9.78 Å². The predicted octanol–water partition coefficient (Wildman–Crippen LogP) is 4.31. The Kier molecular flexibility index (Phi) is 4.95. The number of benzene rings is 1. The molecule has 1 aromatic carbocycles. The molecule has 2 rings (SSSR count). The summed E-state index contributed by atoms with van der Waals surface area (Å²) in [6.45, 7) is 9.95. The quantitative estimate of drug-likeness (QED) is 0.587. The molecule has 0 radical (unpaired) electrons. The highest BCUT2D eigenvalue weighted by atomic mass is 28.3. The van der Waals surface area contributed by atoms with Crippen molar-refractivity contribution >= 4 is 8.07 Å². The lowest BCUT2D eigenvalue weighted by molar-refractivity contribution is 0.0786. The molecule has 0 bridgehead atoms. The van der Waals surface area contributed by atoms with Crippen molar-refractivity contribution in [3.63, 3.8) is 0 Å². The first-order valence-electron chi connectivity index (χ1n) is 7.22. The van der Waals surface area contributed by atoms with Crippen LogP contribution in [0.2, 0.25) is 25.7 Å². The van der Waals surface area contributed by atoms with Crippen molar-refractivity contribution < 1.29 is 9.13 Å². The van der Waals surface area contributed by atoms with Crippen LogP contribution >= 0.6 is 0 Å². The van der Waals surface area contributed by atoms with Gasteiger partial charge >= 0.3 is 0 Å². The van der Waals surface area contributed by atoms with Gasteiger partial charge in [0.2, 0.25) is 0 Å². The molecule has 114 valence electrons. The number of rotatable bonds is 6. The van der Waals surface area contributed by atoms with Crippen molar-refractivity contribution in [1.29, 1.82) is 0 Å². The summed E-state index contributed by atoms with van der Waals surface area (Å²) in [6.07, 6.45) is 3.63. The lowest BCUT2D eigenvalue weighted by atomic mass is 10.1. The molecular formula is C16H23FN2OSi. The Bertz CT molecular complexity index is 605. The zero-order chi connectivity index (χ0) is 15.5. The van der Waals surface area contributed by atoms with E-state index in [2.05, 4.69) is 24.7 Å². The van der Waals surface area contributed by atoms with Gasteiger partial charge in [-0.05, 0) is 30.2 Å². The van der Waals surface area contributed by atoms with E-state index in [0.717, 1.165) is 23.8 Å². The molecule has 0 aliphatic carbocycles. The van der Waals surface area contributed by atoms with Gasteiger partial charge in [0, 0.05) is 26.4 Å². The summed E-state index contributed by atoms with van der Waals surface area (Å²) in [7, 11) is -1.05. The maximum atomic E-state index is 13.6. The Balaban J connectivity index is 1.93. The number of hydrogen-bond acceptors (Lipinski definition) is 2. The summed E-state index contributed by atoms with van der Waals surface area (Å²) in [5.41, 5.74) is 2.40. The summed E-state index contributed by atoms with van der Waals surface area (Å²) in [5, 5.41) is 4.26. The van der Waals surface area contributed by atoms with Crippen molar-refractivity contribution in [2.24, 2.45) is 0 Å². The van der Waals surface area contributed by atoms with Gasteiger partial charge in [-0.2, -0.15) is 5.10 Å². The lowest BCUT2D eigenvalue weighted by Gasteiger charge is -2.15. The molecule has 0 aliphatic rings. The summed E-state index contributed by atoms with van der Waals surface area (Å²) in [6, 6.07) is 6.38. The molecule has 0 saturated heterocycles. The van der Waals surface area contributed by atoms with Crippen LogP contribution < -0.4 is 0 Å². The van der Waals surface area contributed by atoms with E-state index in [1.165, 1.54) is 0 Å². The number of aryl methyl sites for hydroxylation is 1. The van der Waals surface area contributed by atoms with E-state index in [0.29, 0.717) is 12.3 Å². The monoisotopic (exact) mass is 306 g/mol. The van der Waals surface area contributed by atoms with Crippen LogP contribution in [0.1, 0.15) is 5.56 Å². The molecule has 1 aromatic heterocycles. The van der Waals surface area contributed by atoms with Crippen molar-refractivity contribution in [2.75, 3.05) is 6.61 Å². The van der Waals surface area contributed by atoms with Gasteiger partial charge in [0.05, 0.1) is 6.20 Å². The topological polar surface area (TPSA) is 27.1 Å². The molecule has 0 amide bonds. The van der Waals surface area contributed by atoms with Gasteiger partial charge in [0.25, 0.3) is 0 Å². The number of hydrogen-bond donors (Lipinski definition) is 0. The molecule has 0 saturated carbocycles. The van der Waals surface area contributed by atoms with Gasteiger partial charge in [0.1, 0.15) is 12.5 Å². The Morgan fingerprint density at radius 3 is 2.67 bits per heavy atom. The summed E-state index contributed by atoms with van der Waals surface area (Å²) < 4.78 is 21.0. The molecule has 5 heteroatoms. The first kappa shape index (κ1) is 15.9. The molecule has 0 spiro atoms. The predicted molar refractivity (Wildman–Crippen MR) is 86.5 cm³/mol. The molecule has 2 aromatic rings. The van der Waals surface area contributed by atoms with Gasteiger partial charge in [-0.1, -0.05) is 31.8 Å². The molecule has 0 atom stereocenters. The number of nitrogens with zero attached hydrogens (tertiary/aromatic N) is 2. The highest BCUT2D eigenvalue weighted by Gasteiger charge is 2.12. The fourth-order valence-electron chi connectivity index (χ4n) is 1.89. The van der Waals surface area contributed by atoms with Crippen molar-refractivity contribution in [3.8, 4) is 11.1 Å². The second-order valence-electron chi connectivity index (χ2n) is 6.58. The second kappa shape index (κ2) is 6.53. The van der Waals surface area contributed by atoms with Crippen LogP contribution in [0.3, 0.4) is 0 Å². The fourth-order valence-corrected chi connectivity index (χ4v) is 2.65. The van der Waals surface area contributed by atoms with Crippen molar-refractivity contribution in [2.45, 2.75) is 39.3 Å². The fraction of sp³-hybridized carbons (Fsp3) is 0.438. The molecule has 1 heterocycles. The Morgan fingerprint density at radius 2 is 2.00 bits per heavy atom. The van der Waals surface area contributed by atoms with Gasteiger partial charge in [0.15, 0.2) is 0 Å². The van der Waals surface area contributed by atoms with Crippen molar-refractivity contribution in [3.05, 3.63) is 42.0 Å². The lowest BCUT2D eigenvalue weighted by Crippen LogP contribution is -2.22. The highest BCUT2D eigenvalue weighted by Crippen LogP contribution is 2.21. The standard InChI is InChI=1S/C16H23FN2OSi/c1-13-5-6-14(9-16(13)17)15-10-18-19(11-15)12-20-7-8-21(2,3)4/h5-6,9-11H,7-8,12H2,1-4H3. The molecule has 0 fully saturated rings. The Morgan fingerprint density at radius 1 is 1.24 bits per heavy atom. The van der Waals surface area contributed by atoms with Crippen LogP contribution in [-0.4, -0.2) is 24.5 Å². The molecule has 3 nitrogen and oxygen atoms in total. The number of aromatic nitrogens is 2. The van der Waals surface area contributed by atoms with E-state index in [4.69, 9.17) is 4.74 Å². The molecular weight excluding hydrogens is 283 g/mol. The Labute approximate surface area is 126 Å². The number of halogens is 1. The third kappa shape index (κ3) is 4.79. The summed E-state index contributed by atoms with van der Waals surface area (Å²) >= 11 is 0. The summed E-state index contributed by atoms with van der Waals surface area (Å²) in [4.78, 5) is 0.